The van der Waals surface area contributed by atoms with Gasteiger partial charge in [0.05, 0.1) is 11.9 Å². The first-order valence-corrected chi connectivity index (χ1v) is 4.67. The maximum atomic E-state index is 12.9. The lowest BCUT2D eigenvalue weighted by Gasteiger charge is -2.02. The molecule has 0 unspecified atom stereocenters. The summed E-state index contributed by atoms with van der Waals surface area (Å²) in [5.41, 5.74) is 6.65. The molecule has 2 rings (SSSR count). The van der Waals surface area contributed by atoms with Crippen LogP contribution < -0.4 is 5.73 Å². The molecule has 2 aromatic rings. The normalized spacial score (nSPS) is 10.5. The molecule has 1 aromatic heterocycles. The van der Waals surface area contributed by atoms with E-state index in [9.17, 15) is 4.39 Å². The van der Waals surface area contributed by atoms with Crippen molar-refractivity contribution in [3.8, 4) is 0 Å². The highest BCUT2D eigenvalue weighted by Crippen LogP contribution is 2.22. The van der Waals surface area contributed by atoms with Crippen molar-refractivity contribution in [1.29, 1.82) is 0 Å². The first-order chi connectivity index (χ1) is 7.16. The van der Waals surface area contributed by atoms with Gasteiger partial charge in [-0.3, -0.25) is 0 Å². The van der Waals surface area contributed by atoms with Crippen LogP contribution in [0.25, 0.3) is 0 Å². The number of anilines is 1. The minimum atomic E-state index is -0.340. The van der Waals surface area contributed by atoms with Gasteiger partial charge in [-0.05, 0) is 23.8 Å². The van der Waals surface area contributed by atoms with Crippen LogP contribution in [0.2, 0.25) is 5.02 Å². The second kappa shape index (κ2) is 3.90. The first-order valence-electron chi connectivity index (χ1n) is 4.30. The molecule has 0 amide bonds. The Morgan fingerprint density at radius 3 is 2.93 bits per heavy atom. The van der Waals surface area contributed by atoms with Gasteiger partial charge >= 0.3 is 0 Å². The molecule has 5 heteroatoms. The summed E-state index contributed by atoms with van der Waals surface area (Å²) in [6.07, 6.45) is 1.74. The van der Waals surface area contributed by atoms with Crippen molar-refractivity contribution in [2.75, 3.05) is 5.73 Å². The summed E-state index contributed by atoms with van der Waals surface area (Å²) in [4.78, 5) is 0. The maximum Gasteiger partial charge on any atom is 0.163 e. The molecule has 0 bridgehead atoms. The molecule has 0 spiro atoms. The van der Waals surface area contributed by atoms with Crippen molar-refractivity contribution < 1.29 is 8.91 Å². The van der Waals surface area contributed by atoms with Gasteiger partial charge in [0.2, 0.25) is 0 Å². The van der Waals surface area contributed by atoms with E-state index in [1.807, 2.05) is 0 Å². The van der Waals surface area contributed by atoms with Crippen LogP contribution in [0.3, 0.4) is 0 Å². The SMILES string of the molecule is Nc1cnoc1Cc1cc(F)ccc1Cl. The van der Waals surface area contributed by atoms with Crippen LogP contribution in [-0.4, -0.2) is 5.16 Å². The molecule has 78 valence electrons. The largest absolute Gasteiger partial charge is 0.395 e. The minimum Gasteiger partial charge on any atom is -0.395 e. The lowest BCUT2D eigenvalue weighted by atomic mass is 10.1. The quantitative estimate of drug-likeness (QED) is 0.857. The Morgan fingerprint density at radius 1 is 1.47 bits per heavy atom. The van der Waals surface area contributed by atoms with Crippen LogP contribution in [0.15, 0.2) is 28.9 Å². The van der Waals surface area contributed by atoms with Gasteiger partial charge in [0, 0.05) is 11.4 Å². The van der Waals surface area contributed by atoms with Crippen molar-refractivity contribution in [2.24, 2.45) is 0 Å². The Labute approximate surface area is 90.6 Å². The van der Waals surface area contributed by atoms with E-state index in [0.717, 1.165) is 0 Å². The van der Waals surface area contributed by atoms with Gasteiger partial charge in [0.1, 0.15) is 5.82 Å². The first kappa shape index (κ1) is 9.98. The summed E-state index contributed by atoms with van der Waals surface area (Å²) in [5.74, 6) is 0.148. The molecule has 0 fully saturated rings. The van der Waals surface area contributed by atoms with E-state index in [-0.39, 0.29) is 5.82 Å². The fourth-order valence-electron chi connectivity index (χ4n) is 1.26. The standard InChI is InChI=1S/C10H8ClFN2O/c11-8-2-1-7(12)3-6(8)4-10-9(13)5-14-15-10/h1-3,5H,4,13H2. The lowest BCUT2D eigenvalue weighted by molar-refractivity contribution is 0.390. The van der Waals surface area contributed by atoms with Gasteiger partial charge in [0.25, 0.3) is 0 Å². The van der Waals surface area contributed by atoms with Crippen molar-refractivity contribution >= 4 is 17.3 Å². The second-order valence-electron chi connectivity index (χ2n) is 3.12. The molecular weight excluding hydrogens is 219 g/mol. The Bertz CT molecular complexity index is 484. The van der Waals surface area contributed by atoms with E-state index >= 15 is 0 Å². The molecule has 0 aliphatic carbocycles. The maximum absolute atomic E-state index is 12.9. The smallest absolute Gasteiger partial charge is 0.163 e. The molecule has 2 N–H and O–H groups in total. The van der Waals surface area contributed by atoms with Crippen LogP contribution in [0.5, 0.6) is 0 Å². The topological polar surface area (TPSA) is 52.0 Å². The number of nitrogen functional groups attached to an aromatic ring is 1. The Kier molecular flexibility index (Phi) is 2.60. The van der Waals surface area contributed by atoms with Crippen molar-refractivity contribution in [1.82, 2.24) is 5.16 Å². The molecule has 0 saturated carbocycles. The zero-order valence-corrected chi connectivity index (χ0v) is 8.46. The van der Waals surface area contributed by atoms with Gasteiger partial charge in [-0.25, -0.2) is 4.39 Å². The third kappa shape index (κ3) is 2.10. The predicted octanol–water partition coefficient (Wildman–Crippen LogP) is 2.64. The predicted molar refractivity (Wildman–Crippen MR) is 55.1 cm³/mol. The van der Waals surface area contributed by atoms with E-state index in [0.29, 0.717) is 28.5 Å². The zero-order chi connectivity index (χ0) is 10.8. The molecule has 0 atom stereocenters. The van der Waals surface area contributed by atoms with Crippen LogP contribution in [0.4, 0.5) is 10.1 Å². The Balaban J connectivity index is 2.32. The molecule has 1 heterocycles. The molecule has 3 nitrogen and oxygen atoms in total. The van der Waals surface area contributed by atoms with E-state index < -0.39 is 0 Å². The van der Waals surface area contributed by atoms with Crippen LogP contribution in [0.1, 0.15) is 11.3 Å². The lowest BCUT2D eigenvalue weighted by Crippen LogP contribution is -1.93. The molecule has 15 heavy (non-hydrogen) atoms. The fraction of sp³-hybridized carbons (Fsp3) is 0.100. The number of benzene rings is 1. The van der Waals surface area contributed by atoms with Gasteiger partial charge in [-0.15, -0.1) is 0 Å². The average molecular weight is 227 g/mol. The average Bonchev–Trinajstić information content (AvgIpc) is 2.58. The number of halogens is 2. The summed E-state index contributed by atoms with van der Waals surface area (Å²) in [6, 6.07) is 4.15. The third-order valence-corrected chi connectivity index (χ3v) is 2.40. The molecule has 0 aliphatic heterocycles. The highest BCUT2D eigenvalue weighted by molar-refractivity contribution is 6.31. The van der Waals surface area contributed by atoms with Gasteiger partial charge in [-0.2, -0.15) is 0 Å². The van der Waals surface area contributed by atoms with Gasteiger partial charge < -0.3 is 10.3 Å². The molecule has 0 saturated heterocycles. The van der Waals surface area contributed by atoms with Gasteiger partial charge in [-0.1, -0.05) is 16.8 Å². The van der Waals surface area contributed by atoms with Crippen molar-refractivity contribution in [2.45, 2.75) is 6.42 Å². The Hall–Kier alpha value is -1.55. The molecular formula is C10H8ClFN2O. The van der Waals surface area contributed by atoms with Crippen LogP contribution >= 0.6 is 11.6 Å². The van der Waals surface area contributed by atoms with Crippen molar-refractivity contribution in [3.63, 3.8) is 0 Å². The Morgan fingerprint density at radius 2 is 2.27 bits per heavy atom. The van der Waals surface area contributed by atoms with E-state index in [2.05, 4.69) is 5.16 Å². The third-order valence-electron chi connectivity index (χ3n) is 2.04. The summed E-state index contributed by atoms with van der Waals surface area (Å²) in [5, 5.41) is 4.01. The molecule has 1 aromatic carbocycles. The van der Waals surface area contributed by atoms with E-state index in [4.69, 9.17) is 21.9 Å². The summed E-state index contributed by atoms with van der Waals surface area (Å²) in [7, 11) is 0. The highest BCUT2D eigenvalue weighted by Gasteiger charge is 2.09. The summed E-state index contributed by atoms with van der Waals surface area (Å²) < 4.78 is 17.8. The summed E-state index contributed by atoms with van der Waals surface area (Å²) in [6.45, 7) is 0. The zero-order valence-electron chi connectivity index (χ0n) is 7.71. The number of nitrogens with zero attached hydrogens (tertiary/aromatic N) is 1. The van der Waals surface area contributed by atoms with E-state index in [1.54, 1.807) is 0 Å². The van der Waals surface area contributed by atoms with E-state index in [1.165, 1.54) is 24.4 Å². The number of hydrogen-bond donors (Lipinski definition) is 1. The van der Waals surface area contributed by atoms with Crippen LogP contribution in [0, 0.1) is 5.82 Å². The molecule has 0 radical (unpaired) electrons. The monoisotopic (exact) mass is 226 g/mol. The second-order valence-corrected chi connectivity index (χ2v) is 3.52. The number of hydrogen-bond acceptors (Lipinski definition) is 3. The fourth-order valence-corrected chi connectivity index (χ4v) is 1.44. The van der Waals surface area contributed by atoms with Gasteiger partial charge in [0.15, 0.2) is 5.76 Å². The number of nitrogens with two attached hydrogens (primary N) is 1. The van der Waals surface area contributed by atoms with Crippen LogP contribution in [-0.2, 0) is 6.42 Å². The number of aromatic nitrogens is 1. The molecule has 0 aliphatic rings. The number of rotatable bonds is 2. The minimum absolute atomic E-state index is 0.336. The van der Waals surface area contributed by atoms with Crippen molar-refractivity contribution in [3.05, 3.63) is 46.6 Å². The summed E-state index contributed by atoms with van der Waals surface area (Å²) >= 11 is 5.90. The highest BCUT2D eigenvalue weighted by atomic mass is 35.5.